The van der Waals surface area contributed by atoms with Crippen molar-refractivity contribution in [1.29, 1.82) is 0 Å². The van der Waals surface area contributed by atoms with Gasteiger partial charge in [0.1, 0.15) is 11.0 Å². The molecule has 0 spiro atoms. The van der Waals surface area contributed by atoms with E-state index in [-0.39, 0.29) is 5.97 Å². The Morgan fingerprint density at radius 3 is 2.63 bits per heavy atom. The highest BCUT2D eigenvalue weighted by Gasteiger charge is 2.25. The fraction of sp³-hybridized carbons (Fsp3) is 0.211. The van der Waals surface area contributed by atoms with Crippen LogP contribution in [0.15, 0.2) is 58.9 Å². The maximum Gasteiger partial charge on any atom is 0.324 e. The molecule has 0 saturated carbocycles. The number of hydrogen-bond acceptors (Lipinski definition) is 8. The van der Waals surface area contributed by atoms with Gasteiger partial charge in [-0.05, 0) is 24.6 Å². The third-order valence-electron chi connectivity index (χ3n) is 3.58. The quantitative estimate of drug-likeness (QED) is 0.434. The Morgan fingerprint density at radius 2 is 1.89 bits per heavy atom. The molecule has 27 heavy (non-hydrogen) atoms. The molecule has 8 heteroatoms. The summed E-state index contributed by atoms with van der Waals surface area (Å²) in [5, 5.41) is 11.7. The van der Waals surface area contributed by atoms with Crippen LogP contribution in [0.5, 0.6) is 5.75 Å². The Hall–Kier alpha value is -2.58. The number of nitrogens with one attached hydrogen (secondary N) is 1. The molecule has 6 nitrogen and oxygen atoms in total. The lowest BCUT2D eigenvalue weighted by Gasteiger charge is -2.13. The number of anilines is 2. The van der Waals surface area contributed by atoms with Crippen LogP contribution in [0.25, 0.3) is 0 Å². The van der Waals surface area contributed by atoms with E-state index in [2.05, 4.69) is 15.5 Å². The van der Waals surface area contributed by atoms with Crippen LogP contribution in [0, 0.1) is 0 Å². The number of rotatable bonds is 8. The van der Waals surface area contributed by atoms with Crippen molar-refractivity contribution < 1.29 is 14.3 Å². The second-order valence-corrected chi connectivity index (χ2v) is 7.69. The Morgan fingerprint density at radius 1 is 1.15 bits per heavy atom. The minimum absolute atomic E-state index is 0.289. The lowest BCUT2D eigenvalue weighted by atomic mass is 10.1. The minimum Gasteiger partial charge on any atom is -0.495 e. The fourth-order valence-electron chi connectivity index (χ4n) is 2.37. The third kappa shape index (κ3) is 4.99. The van der Waals surface area contributed by atoms with Gasteiger partial charge in [0.2, 0.25) is 5.13 Å². The van der Waals surface area contributed by atoms with E-state index in [1.807, 2.05) is 54.6 Å². The van der Waals surface area contributed by atoms with E-state index in [1.54, 1.807) is 14.0 Å². The highest BCUT2D eigenvalue weighted by atomic mass is 32.2. The van der Waals surface area contributed by atoms with Gasteiger partial charge in [0, 0.05) is 0 Å². The van der Waals surface area contributed by atoms with Crippen LogP contribution in [0.2, 0.25) is 0 Å². The van der Waals surface area contributed by atoms with Crippen molar-refractivity contribution in [3.05, 3.63) is 60.2 Å². The summed E-state index contributed by atoms with van der Waals surface area (Å²) in [4.78, 5) is 12.4. The van der Waals surface area contributed by atoms with Crippen molar-refractivity contribution in [2.24, 2.45) is 0 Å². The molecule has 3 aromatic rings. The molecule has 0 unspecified atom stereocenters. The Balaban J connectivity index is 1.77. The van der Waals surface area contributed by atoms with Gasteiger partial charge in [0.05, 0.1) is 19.4 Å². The van der Waals surface area contributed by atoms with Crippen molar-refractivity contribution in [2.75, 3.05) is 19.0 Å². The highest BCUT2D eigenvalue weighted by Crippen LogP contribution is 2.39. The topological polar surface area (TPSA) is 73.3 Å². The Bertz CT molecular complexity index is 887. The van der Waals surface area contributed by atoms with Gasteiger partial charge in [0.15, 0.2) is 4.34 Å². The molecule has 0 radical (unpaired) electrons. The van der Waals surface area contributed by atoms with Crippen molar-refractivity contribution in [3.63, 3.8) is 0 Å². The number of benzene rings is 2. The number of ether oxygens (including phenoxy) is 2. The average molecular weight is 402 g/mol. The molecule has 0 bridgehead atoms. The first-order valence-electron chi connectivity index (χ1n) is 8.33. The van der Waals surface area contributed by atoms with E-state index in [1.165, 1.54) is 23.1 Å². The smallest absolute Gasteiger partial charge is 0.324 e. The number of methoxy groups -OCH3 is 1. The molecular formula is C19H19N3O3S2. The monoisotopic (exact) mass is 401 g/mol. The molecule has 0 aliphatic heterocycles. The number of aromatic nitrogens is 2. The van der Waals surface area contributed by atoms with Gasteiger partial charge in [0.25, 0.3) is 0 Å². The summed E-state index contributed by atoms with van der Waals surface area (Å²) in [6.45, 7) is 2.13. The van der Waals surface area contributed by atoms with Gasteiger partial charge in [-0.1, -0.05) is 65.6 Å². The maximum atomic E-state index is 12.4. The van der Waals surface area contributed by atoms with Crippen LogP contribution in [-0.4, -0.2) is 29.9 Å². The van der Waals surface area contributed by atoms with Gasteiger partial charge in [-0.2, -0.15) is 0 Å². The zero-order valence-electron chi connectivity index (χ0n) is 14.9. The van der Waals surface area contributed by atoms with E-state index in [0.717, 1.165) is 17.0 Å². The number of hydrogen-bond donors (Lipinski definition) is 1. The molecule has 0 saturated heterocycles. The van der Waals surface area contributed by atoms with Crippen LogP contribution >= 0.6 is 23.1 Å². The van der Waals surface area contributed by atoms with E-state index in [4.69, 9.17) is 9.47 Å². The van der Waals surface area contributed by atoms with Gasteiger partial charge < -0.3 is 14.8 Å². The lowest BCUT2D eigenvalue weighted by molar-refractivity contribution is -0.142. The van der Waals surface area contributed by atoms with Crippen LogP contribution in [0.4, 0.5) is 10.8 Å². The number of carbonyl (C=O) groups is 1. The van der Waals surface area contributed by atoms with Crippen LogP contribution in [0.3, 0.4) is 0 Å². The van der Waals surface area contributed by atoms with Crippen LogP contribution in [-0.2, 0) is 9.53 Å². The van der Waals surface area contributed by atoms with E-state index in [0.29, 0.717) is 16.1 Å². The largest absolute Gasteiger partial charge is 0.495 e. The number of nitrogens with zero attached hydrogens (tertiary/aromatic N) is 2. The summed E-state index contributed by atoms with van der Waals surface area (Å²) in [6.07, 6.45) is 0. The number of carbonyl (C=O) groups excluding carboxylic acids is 1. The zero-order chi connectivity index (χ0) is 19.1. The summed E-state index contributed by atoms with van der Waals surface area (Å²) < 4.78 is 11.2. The van der Waals surface area contributed by atoms with Crippen molar-refractivity contribution in [1.82, 2.24) is 10.2 Å². The summed E-state index contributed by atoms with van der Waals surface area (Å²) in [6, 6.07) is 17.1. The first-order chi connectivity index (χ1) is 13.2. The Labute approximate surface area is 165 Å². The highest BCUT2D eigenvalue weighted by molar-refractivity contribution is 8.01. The fourth-order valence-corrected chi connectivity index (χ4v) is 4.32. The normalized spacial score (nSPS) is 11.6. The molecule has 1 heterocycles. The van der Waals surface area contributed by atoms with Gasteiger partial charge in [-0.15, -0.1) is 10.2 Å². The second-order valence-electron chi connectivity index (χ2n) is 5.36. The van der Waals surface area contributed by atoms with Gasteiger partial charge in [-0.3, -0.25) is 4.79 Å². The van der Waals surface area contributed by atoms with Crippen LogP contribution in [0.1, 0.15) is 17.7 Å². The SMILES string of the molecule is CCOC(=O)[C@@H](Sc1nnc(Nc2ccccc2OC)s1)c1ccccc1. The number of esters is 1. The molecule has 0 aliphatic rings. The molecule has 1 N–H and O–H groups in total. The summed E-state index contributed by atoms with van der Waals surface area (Å²) in [7, 11) is 1.62. The lowest BCUT2D eigenvalue weighted by Crippen LogP contribution is -2.13. The molecule has 0 fully saturated rings. The molecule has 140 valence electrons. The molecule has 1 atom stereocenters. The van der Waals surface area contributed by atoms with Crippen molar-refractivity contribution in [2.45, 2.75) is 16.5 Å². The summed E-state index contributed by atoms with van der Waals surface area (Å²) >= 11 is 2.70. The van der Waals surface area contributed by atoms with Crippen molar-refractivity contribution in [3.8, 4) is 5.75 Å². The zero-order valence-corrected chi connectivity index (χ0v) is 16.5. The molecule has 0 amide bonds. The summed E-state index contributed by atoms with van der Waals surface area (Å²) in [5.74, 6) is 0.429. The second kappa shape index (κ2) is 9.38. The number of thioether (sulfide) groups is 1. The molecule has 3 rings (SSSR count). The third-order valence-corrected chi connectivity index (χ3v) is 5.73. The minimum atomic E-state index is -0.488. The maximum absolute atomic E-state index is 12.4. The Kier molecular flexibility index (Phi) is 6.67. The first-order valence-corrected chi connectivity index (χ1v) is 10.0. The van der Waals surface area contributed by atoms with E-state index >= 15 is 0 Å². The first kappa shape index (κ1) is 19.2. The molecule has 2 aromatic carbocycles. The van der Waals surface area contributed by atoms with Crippen LogP contribution < -0.4 is 10.1 Å². The average Bonchev–Trinajstić information content (AvgIpc) is 3.14. The summed E-state index contributed by atoms with van der Waals surface area (Å²) in [5.41, 5.74) is 1.67. The predicted octanol–water partition coefficient (Wildman–Crippen LogP) is 4.69. The number of para-hydroxylation sites is 2. The van der Waals surface area contributed by atoms with Gasteiger partial charge in [-0.25, -0.2) is 0 Å². The predicted molar refractivity (Wildman–Crippen MR) is 108 cm³/mol. The van der Waals surface area contributed by atoms with E-state index < -0.39 is 5.25 Å². The molecule has 0 aliphatic carbocycles. The van der Waals surface area contributed by atoms with Gasteiger partial charge >= 0.3 is 5.97 Å². The van der Waals surface area contributed by atoms with E-state index in [9.17, 15) is 4.79 Å². The standard InChI is InChI=1S/C19H19N3O3S2/c1-3-25-17(23)16(13-9-5-4-6-10-13)26-19-22-21-18(27-19)20-14-11-7-8-12-15(14)24-2/h4-12,16H,3H2,1-2H3,(H,20,21)/t16-/m0/s1. The molecular weight excluding hydrogens is 382 g/mol. The van der Waals surface area contributed by atoms with Crippen molar-refractivity contribution >= 4 is 39.9 Å². The molecule has 1 aromatic heterocycles.